The Hall–Kier alpha value is -5.27. The SMILES string of the molecule is CNC(=O)C1(NC(=O)OC(C)(C)C)CCCN(c2cnc(-c3ccc(OC)c(F)c3)cc2C(=O)c2cnc3c(N)nccn23)C1. The highest BCUT2D eigenvalue weighted by molar-refractivity contribution is 6.12. The molecule has 1 unspecified atom stereocenters. The van der Waals surface area contributed by atoms with Crippen LogP contribution < -0.4 is 26.0 Å². The Morgan fingerprint density at radius 3 is 2.58 bits per heavy atom. The van der Waals surface area contributed by atoms with E-state index in [-0.39, 0.29) is 29.4 Å². The van der Waals surface area contributed by atoms with Gasteiger partial charge in [-0.3, -0.25) is 19.0 Å². The monoisotopic (exact) mass is 618 g/mol. The molecule has 236 valence electrons. The Balaban J connectivity index is 1.61. The van der Waals surface area contributed by atoms with E-state index in [9.17, 15) is 18.8 Å². The number of piperidine rings is 1. The van der Waals surface area contributed by atoms with Crippen LogP contribution in [0.4, 0.5) is 20.7 Å². The minimum absolute atomic E-state index is 0.0222. The number of methoxy groups -OCH3 is 1. The van der Waals surface area contributed by atoms with Crippen molar-refractivity contribution >= 4 is 34.9 Å². The van der Waals surface area contributed by atoms with E-state index in [4.69, 9.17) is 15.2 Å². The predicted molar refractivity (Wildman–Crippen MR) is 165 cm³/mol. The fourth-order valence-electron chi connectivity index (χ4n) is 5.45. The first-order chi connectivity index (χ1) is 21.4. The average molecular weight is 619 g/mol. The highest BCUT2D eigenvalue weighted by atomic mass is 19.1. The molecule has 13 nitrogen and oxygen atoms in total. The number of alkyl carbamates (subject to hydrolysis) is 1. The summed E-state index contributed by atoms with van der Waals surface area (Å²) in [5, 5.41) is 5.44. The number of imidazole rings is 1. The molecule has 1 fully saturated rings. The number of amides is 2. The standard InChI is InChI=1S/C31H35FN8O5/c1-30(2,3)45-29(43)38-31(28(42)34-4)9-6-11-39(17-31)22-15-36-21(18-7-8-24(44-5)20(32)13-18)14-19(22)25(41)23-16-37-27-26(33)35-10-12-40(23)27/h7-8,10,12-16H,6,9,11,17H2,1-5H3,(H2,33,35)(H,34,42)(H,38,43). The molecule has 1 atom stereocenters. The summed E-state index contributed by atoms with van der Waals surface area (Å²) in [6.45, 7) is 5.67. The summed E-state index contributed by atoms with van der Waals surface area (Å²) in [7, 11) is 2.86. The normalized spacial score (nSPS) is 16.7. The molecule has 45 heavy (non-hydrogen) atoms. The number of halogens is 1. The van der Waals surface area contributed by atoms with E-state index in [1.54, 1.807) is 39.1 Å². The lowest BCUT2D eigenvalue weighted by atomic mass is 9.87. The third kappa shape index (κ3) is 6.21. The zero-order valence-electron chi connectivity index (χ0n) is 25.7. The molecule has 0 bridgehead atoms. The van der Waals surface area contributed by atoms with Crippen LogP contribution in [0.2, 0.25) is 0 Å². The smallest absolute Gasteiger partial charge is 0.408 e. The number of carbonyl (C=O) groups is 3. The van der Waals surface area contributed by atoms with Crippen molar-refractivity contribution in [3.8, 4) is 17.0 Å². The van der Waals surface area contributed by atoms with Crippen LogP contribution in [-0.2, 0) is 9.53 Å². The Morgan fingerprint density at radius 1 is 1.11 bits per heavy atom. The first-order valence-corrected chi connectivity index (χ1v) is 14.3. The molecule has 0 radical (unpaired) electrons. The number of carbonyl (C=O) groups excluding carboxylic acids is 3. The third-order valence-electron chi connectivity index (χ3n) is 7.50. The van der Waals surface area contributed by atoms with Crippen molar-refractivity contribution < 1.29 is 28.2 Å². The molecule has 1 aliphatic heterocycles. The summed E-state index contributed by atoms with van der Waals surface area (Å²) in [5.74, 6) is -1.19. The lowest BCUT2D eigenvalue weighted by Crippen LogP contribution is -2.66. The summed E-state index contributed by atoms with van der Waals surface area (Å²) in [6.07, 6.45) is 6.05. The minimum Gasteiger partial charge on any atom is -0.494 e. The van der Waals surface area contributed by atoms with Gasteiger partial charge in [-0.05, 0) is 57.9 Å². The second-order valence-electron chi connectivity index (χ2n) is 11.7. The molecule has 3 aromatic heterocycles. The van der Waals surface area contributed by atoms with Crippen molar-refractivity contribution in [1.82, 2.24) is 30.0 Å². The molecule has 4 N–H and O–H groups in total. The number of fused-ring (bicyclic) bond motifs is 1. The largest absolute Gasteiger partial charge is 0.494 e. The molecule has 14 heteroatoms. The maximum absolute atomic E-state index is 14.7. The van der Waals surface area contributed by atoms with Gasteiger partial charge >= 0.3 is 6.09 Å². The number of ether oxygens (including phenoxy) is 2. The lowest BCUT2D eigenvalue weighted by Gasteiger charge is -2.43. The summed E-state index contributed by atoms with van der Waals surface area (Å²) < 4.78 is 26.7. The molecule has 1 aromatic carbocycles. The predicted octanol–water partition coefficient (Wildman–Crippen LogP) is 3.36. The zero-order valence-corrected chi connectivity index (χ0v) is 25.7. The van der Waals surface area contributed by atoms with Crippen LogP contribution in [0.3, 0.4) is 0 Å². The van der Waals surface area contributed by atoms with Crippen LogP contribution >= 0.6 is 0 Å². The number of nitrogens with zero attached hydrogens (tertiary/aromatic N) is 5. The molecule has 1 aliphatic rings. The summed E-state index contributed by atoms with van der Waals surface area (Å²) in [4.78, 5) is 55.2. The number of nitrogen functional groups attached to an aromatic ring is 1. The van der Waals surface area contributed by atoms with Gasteiger partial charge in [0.05, 0.1) is 43.0 Å². The molecule has 0 saturated carbocycles. The van der Waals surface area contributed by atoms with Gasteiger partial charge in [0, 0.05) is 31.5 Å². The molecule has 4 heterocycles. The molecule has 5 rings (SSSR count). The van der Waals surface area contributed by atoms with Gasteiger partial charge in [0.25, 0.3) is 0 Å². The van der Waals surface area contributed by atoms with E-state index in [1.165, 1.54) is 49.3 Å². The lowest BCUT2D eigenvalue weighted by molar-refractivity contribution is -0.127. The van der Waals surface area contributed by atoms with Crippen LogP contribution in [0.25, 0.3) is 16.9 Å². The van der Waals surface area contributed by atoms with E-state index in [2.05, 4.69) is 25.6 Å². The number of rotatable bonds is 7. The maximum atomic E-state index is 14.7. The van der Waals surface area contributed by atoms with E-state index < -0.39 is 34.7 Å². The number of aromatic nitrogens is 4. The van der Waals surface area contributed by atoms with Gasteiger partial charge in [-0.1, -0.05) is 0 Å². The fraction of sp³-hybridized carbons (Fsp3) is 0.355. The number of hydrogen-bond donors (Lipinski definition) is 3. The van der Waals surface area contributed by atoms with Gasteiger partial charge in [-0.25, -0.2) is 19.2 Å². The summed E-state index contributed by atoms with van der Waals surface area (Å²) in [5.41, 5.74) is 5.75. The fourth-order valence-corrected chi connectivity index (χ4v) is 5.45. The van der Waals surface area contributed by atoms with Crippen LogP contribution in [-0.4, -0.2) is 75.5 Å². The Bertz CT molecular complexity index is 1790. The number of pyridine rings is 1. The number of nitrogens with one attached hydrogen (secondary N) is 2. The maximum Gasteiger partial charge on any atom is 0.408 e. The van der Waals surface area contributed by atoms with Crippen LogP contribution in [0.15, 0.2) is 49.1 Å². The Kier molecular flexibility index (Phi) is 8.32. The van der Waals surface area contributed by atoms with E-state index in [0.717, 1.165) is 0 Å². The molecule has 0 spiro atoms. The van der Waals surface area contributed by atoms with Crippen molar-refractivity contribution in [2.75, 3.05) is 37.9 Å². The van der Waals surface area contributed by atoms with E-state index in [1.807, 2.05) is 4.90 Å². The highest BCUT2D eigenvalue weighted by Crippen LogP contribution is 2.33. The zero-order chi connectivity index (χ0) is 32.5. The number of anilines is 2. The number of benzene rings is 1. The Morgan fingerprint density at radius 2 is 1.89 bits per heavy atom. The second-order valence-corrected chi connectivity index (χ2v) is 11.7. The number of nitrogens with two attached hydrogens (primary N) is 1. The number of ketones is 1. The molecule has 1 saturated heterocycles. The molecule has 0 aliphatic carbocycles. The van der Waals surface area contributed by atoms with Gasteiger partial charge in [0.15, 0.2) is 23.0 Å². The number of hydrogen-bond acceptors (Lipinski definition) is 10. The second kappa shape index (κ2) is 12.0. The quantitative estimate of drug-likeness (QED) is 0.262. The van der Waals surface area contributed by atoms with Crippen molar-refractivity contribution in [3.05, 3.63) is 66.1 Å². The average Bonchev–Trinajstić information content (AvgIpc) is 3.44. The molecular formula is C31H35FN8O5. The van der Waals surface area contributed by atoms with Crippen molar-refractivity contribution in [1.29, 1.82) is 0 Å². The minimum atomic E-state index is -1.36. The van der Waals surface area contributed by atoms with Crippen molar-refractivity contribution in [3.63, 3.8) is 0 Å². The molecule has 4 aromatic rings. The summed E-state index contributed by atoms with van der Waals surface area (Å²) in [6, 6.07) is 5.96. The van der Waals surface area contributed by atoms with E-state index >= 15 is 0 Å². The van der Waals surface area contributed by atoms with Crippen molar-refractivity contribution in [2.24, 2.45) is 0 Å². The molecular weight excluding hydrogens is 583 g/mol. The van der Waals surface area contributed by atoms with Gasteiger partial charge in [0.2, 0.25) is 11.7 Å². The first kappa shape index (κ1) is 31.2. The third-order valence-corrected chi connectivity index (χ3v) is 7.50. The summed E-state index contributed by atoms with van der Waals surface area (Å²) >= 11 is 0. The van der Waals surface area contributed by atoms with Gasteiger partial charge in [-0.15, -0.1) is 0 Å². The Labute approximate surface area is 259 Å². The van der Waals surface area contributed by atoms with Crippen molar-refractivity contribution in [2.45, 2.75) is 44.8 Å². The van der Waals surface area contributed by atoms with Crippen LogP contribution in [0.1, 0.15) is 49.7 Å². The number of likely N-dealkylation sites (N-methyl/N-ethyl adjacent to an activating group) is 1. The van der Waals surface area contributed by atoms with Gasteiger partial charge in [0.1, 0.15) is 16.8 Å². The van der Waals surface area contributed by atoms with Gasteiger partial charge in [-0.2, -0.15) is 0 Å². The highest BCUT2D eigenvalue weighted by Gasteiger charge is 2.45. The van der Waals surface area contributed by atoms with Gasteiger partial charge < -0.3 is 30.7 Å². The van der Waals surface area contributed by atoms with Crippen LogP contribution in [0.5, 0.6) is 5.75 Å². The topological polar surface area (TPSA) is 166 Å². The molecule has 2 amide bonds. The van der Waals surface area contributed by atoms with E-state index in [0.29, 0.717) is 42.0 Å². The van der Waals surface area contributed by atoms with Crippen LogP contribution in [0, 0.1) is 5.82 Å². The first-order valence-electron chi connectivity index (χ1n) is 14.3.